The standard InChI is InChI=1S/C5H6IN3/c6-4-1-3(7)2-5(8)9-4/h1-2H,(H4,7,8,9). The van der Waals surface area contributed by atoms with Gasteiger partial charge in [-0.3, -0.25) is 0 Å². The molecule has 1 rings (SSSR count). The Bertz CT molecular complexity index is 173. The summed E-state index contributed by atoms with van der Waals surface area (Å²) in [5.41, 5.74) is 11.5. The Labute approximate surface area is 66.6 Å². The van der Waals surface area contributed by atoms with Gasteiger partial charge in [0.1, 0.15) is 9.52 Å². The predicted molar refractivity (Wildman–Crippen MR) is 45.8 cm³/mol. The predicted octanol–water partition coefficient (Wildman–Crippen LogP) is 0.851. The maximum atomic E-state index is 5.43. The molecule has 0 spiro atoms. The molecule has 0 amide bonds. The summed E-state index contributed by atoms with van der Waals surface area (Å²) in [5, 5.41) is 0. The third kappa shape index (κ3) is 1.70. The van der Waals surface area contributed by atoms with E-state index >= 15 is 0 Å². The van der Waals surface area contributed by atoms with Crippen LogP contribution in [0.4, 0.5) is 11.5 Å². The molecule has 0 radical (unpaired) electrons. The van der Waals surface area contributed by atoms with Crippen LogP contribution in [0, 0.1) is 3.70 Å². The average molecular weight is 235 g/mol. The van der Waals surface area contributed by atoms with Crippen LogP contribution in [0.2, 0.25) is 0 Å². The van der Waals surface area contributed by atoms with Gasteiger partial charge in [-0.15, -0.1) is 0 Å². The van der Waals surface area contributed by atoms with Crippen LogP contribution in [0.15, 0.2) is 12.1 Å². The highest BCUT2D eigenvalue weighted by Crippen LogP contribution is 2.10. The van der Waals surface area contributed by atoms with E-state index < -0.39 is 0 Å². The van der Waals surface area contributed by atoms with Gasteiger partial charge in [0.2, 0.25) is 0 Å². The number of hydrogen-bond donors (Lipinski definition) is 2. The van der Waals surface area contributed by atoms with Crippen LogP contribution >= 0.6 is 22.6 Å². The zero-order chi connectivity index (χ0) is 6.85. The largest absolute Gasteiger partial charge is 0.399 e. The van der Waals surface area contributed by atoms with Gasteiger partial charge in [0.25, 0.3) is 0 Å². The molecule has 4 N–H and O–H groups in total. The number of aromatic nitrogens is 1. The van der Waals surface area contributed by atoms with E-state index in [4.69, 9.17) is 11.5 Å². The van der Waals surface area contributed by atoms with Gasteiger partial charge in [-0.1, -0.05) is 0 Å². The van der Waals surface area contributed by atoms with Gasteiger partial charge in [-0.2, -0.15) is 0 Å². The van der Waals surface area contributed by atoms with Crippen LogP contribution in [0.25, 0.3) is 0 Å². The second kappa shape index (κ2) is 2.38. The maximum absolute atomic E-state index is 5.43. The van der Waals surface area contributed by atoms with E-state index in [2.05, 4.69) is 27.6 Å². The van der Waals surface area contributed by atoms with Crippen molar-refractivity contribution < 1.29 is 0 Å². The number of nitrogens with zero attached hydrogens (tertiary/aromatic N) is 1. The first-order chi connectivity index (χ1) is 4.18. The van der Waals surface area contributed by atoms with Gasteiger partial charge >= 0.3 is 0 Å². The lowest BCUT2D eigenvalue weighted by Crippen LogP contribution is -1.94. The molecule has 0 saturated heterocycles. The first-order valence-electron chi connectivity index (χ1n) is 2.37. The summed E-state index contributed by atoms with van der Waals surface area (Å²) in [7, 11) is 0. The summed E-state index contributed by atoms with van der Waals surface area (Å²) < 4.78 is 0.824. The number of nitrogens with two attached hydrogens (primary N) is 2. The Balaban J connectivity index is 3.17. The third-order valence-electron chi connectivity index (χ3n) is 0.836. The van der Waals surface area contributed by atoms with Gasteiger partial charge < -0.3 is 11.5 Å². The Hall–Kier alpha value is -0.520. The molecule has 0 fully saturated rings. The van der Waals surface area contributed by atoms with Crippen molar-refractivity contribution >= 4 is 34.1 Å². The quantitative estimate of drug-likeness (QED) is 0.517. The second-order valence-electron chi connectivity index (χ2n) is 1.65. The summed E-state index contributed by atoms with van der Waals surface area (Å²) in [6.45, 7) is 0. The molecule has 0 aliphatic heterocycles. The first kappa shape index (κ1) is 6.60. The topological polar surface area (TPSA) is 64.9 Å². The molecule has 1 aromatic rings. The van der Waals surface area contributed by atoms with Crippen LogP contribution in [0.5, 0.6) is 0 Å². The van der Waals surface area contributed by atoms with Crippen LogP contribution < -0.4 is 11.5 Å². The molecule has 1 aromatic heterocycles. The van der Waals surface area contributed by atoms with Crippen molar-refractivity contribution in [3.05, 3.63) is 15.8 Å². The normalized spacial score (nSPS) is 9.44. The molecule has 3 nitrogen and oxygen atoms in total. The molecule has 9 heavy (non-hydrogen) atoms. The second-order valence-corrected chi connectivity index (χ2v) is 2.75. The number of nitrogen functional groups attached to an aromatic ring is 2. The lowest BCUT2D eigenvalue weighted by Gasteiger charge is -1.94. The van der Waals surface area contributed by atoms with Crippen LogP contribution in [0.3, 0.4) is 0 Å². The Morgan fingerprint density at radius 2 is 2.00 bits per heavy atom. The van der Waals surface area contributed by atoms with Crippen LogP contribution in [-0.4, -0.2) is 4.98 Å². The van der Waals surface area contributed by atoms with Crippen molar-refractivity contribution in [3.8, 4) is 0 Å². The highest BCUT2D eigenvalue weighted by Gasteiger charge is 1.91. The molecule has 0 atom stereocenters. The van der Waals surface area contributed by atoms with Gasteiger partial charge in [-0.25, -0.2) is 4.98 Å². The molecule has 1 heterocycles. The number of rotatable bonds is 0. The summed E-state index contributed by atoms with van der Waals surface area (Å²) in [4.78, 5) is 3.92. The zero-order valence-electron chi connectivity index (χ0n) is 4.63. The van der Waals surface area contributed by atoms with Gasteiger partial charge in [0, 0.05) is 11.8 Å². The van der Waals surface area contributed by atoms with Crippen molar-refractivity contribution in [2.75, 3.05) is 11.5 Å². The summed E-state index contributed by atoms with van der Waals surface area (Å²) in [5.74, 6) is 0.472. The molecule has 0 aliphatic rings. The van der Waals surface area contributed by atoms with E-state index in [9.17, 15) is 0 Å². The summed E-state index contributed by atoms with van der Waals surface area (Å²) in [6, 6.07) is 3.39. The minimum absolute atomic E-state index is 0.472. The number of hydrogen-bond acceptors (Lipinski definition) is 3. The van der Waals surface area contributed by atoms with Gasteiger partial charge in [0.05, 0.1) is 0 Å². The fourth-order valence-electron chi connectivity index (χ4n) is 0.538. The van der Waals surface area contributed by atoms with Gasteiger partial charge in [0.15, 0.2) is 0 Å². The molecule has 0 aliphatic carbocycles. The van der Waals surface area contributed by atoms with Crippen LogP contribution in [0.1, 0.15) is 0 Å². The SMILES string of the molecule is Nc1cc(N)nc(I)c1. The minimum Gasteiger partial charge on any atom is -0.399 e. The Morgan fingerprint density at radius 1 is 1.33 bits per heavy atom. The third-order valence-corrected chi connectivity index (χ3v) is 1.39. The van der Waals surface area contributed by atoms with Crippen molar-refractivity contribution in [1.82, 2.24) is 4.98 Å². The van der Waals surface area contributed by atoms with E-state index in [1.807, 2.05) is 0 Å². The fraction of sp³-hybridized carbons (Fsp3) is 0. The van der Waals surface area contributed by atoms with Crippen molar-refractivity contribution in [1.29, 1.82) is 0 Å². The average Bonchev–Trinajstić information content (AvgIpc) is 1.59. The van der Waals surface area contributed by atoms with E-state index in [1.54, 1.807) is 12.1 Å². The number of pyridine rings is 1. The molecule has 0 aromatic carbocycles. The van der Waals surface area contributed by atoms with Crippen molar-refractivity contribution in [2.45, 2.75) is 0 Å². The van der Waals surface area contributed by atoms with Crippen molar-refractivity contribution in [3.63, 3.8) is 0 Å². The Morgan fingerprint density at radius 3 is 2.44 bits per heavy atom. The van der Waals surface area contributed by atoms with Gasteiger partial charge in [-0.05, 0) is 28.7 Å². The lowest BCUT2D eigenvalue weighted by molar-refractivity contribution is 1.28. The fourth-order valence-corrected chi connectivity index (χ4v) is 1.18. The number of anilines is 2. The Kier molecular flexibility index (Phi) is 1.75. The molecule has 4 heteroatoms. The first-order valence-corrected chi connectivity index (χ1v) is 3.45. The van der Waals surface area contributed by atoms with Crippen LogP contribution in [-0.2, 0) is 0 Å². The lowest BCUT2D eigenvalue weighted by atomic mass is 10.4. The van der Waals surface area contributed by atoms with E-state index in [-0.39, 0.29) is 0 Å². The molecule has 48 valence electrons. The molecule has 0 saturated carbocycles. The molecule has 0 unspecified atom stereocenters. The monoisotopic (exact) mass is 235 g/mol. The van der Waals surface area contributed by atoms with Crippen molar-refractivity contribution in [2.24, 2.45) is 0 Å². The smallest absolute Gasteiger partial charge is 0.126 e. The molecular formula is C5H6IN3. The molecule has 0 bridgehead atoms. The summed E-state index contributed by atoms with van der Waals surface area (Å²) in [6.07, 6.45) is 0. The molecular weight excluding hydrogens is 229 g/mol. The van der Waals surface area contributed by atoms with E-state index in [0.717, 1.165) is 3.70 Å². The van der Waals surface area contributed by atoms with E-state index in [1.165, 1.54) is 0 Å². The van der Waals surface area contributed by atoms with E-state index in [0.29, 0.717) is 11.5 Å². The summed E-state index contributed by atoms with van der Waals surface area (Å²) >= 11 is 2.06. The maximum Gasteiger partial charge on any atom is 0.126 e. The zero-order valence-corrected chi connectivity index (χ0v) is 6.79. The number of halogens is 1. The highest BCUT2D eigenvalue weighted by molar-refractivity contribution is 14.1. The minimum atomic E-state index is 0.472. The highest BCUT2D eigenvalue weighted by atomic mass is 127.